The molecule has 0 atom stereocenters. The highest BCUT2D eigenvalue weighted by Gasteiger charge is 2.03. The van der Waals surface area contributed by atoms with Crippen molar-refractivity contribution < 1.29 is 0 Å². The van der Waals surface area contributed by atoms with Gasteiger partial charge in [-0.2, -0.15) is 0 Å². The minimum Gasteiger partial charge on any atom is -0.126 e. The summed E-state index contributed by atoms with van der Waals surface area (Å²) in [5, 5.41) is 0. The molecule has 0 N–H and O–H groups in total. The lowest BCUT2D eigenvalue weighted by Crippen LogP contribution is -1.89. The molecule has 0 bridgehead atoms. The molecule has 1 rings (SSSR count). The molecular formula is C18H30S2. The summed E-state index contributed by atoms with van der Waals surface area (Å²) in [6, 6.07) is 7.23. The van der Waals surface area contributed by atoms with E-state index in [1.165, 1.54) is 71.8 Å². The first-order valence-electron chi connectivity index (χ1n) is 8.19. The van der Waals surface area contributed by atoms with E-state index in [1.54, 1.807) is 0 Å². The third-order valence-corrected chi connectivity index (χ3v) is 5.42. The summed E-state index contributed by atoms with van der Waals surface area (Å²) >= 11 is 4.07. The van der Waals surface area contributed by atoms with Gasteiger partial charge >= 0.3 is 0 Å². The van der Waals surface area contributed by atoms with Crippen molar-refractivity contribution in [3.05, 3.63) is 23.8 Å². The van der Waals surface area contributed by atoms with E-state index in [9.17, 15) is 0 Å². The molecule has 0 aromatic heterocycles. The van der Waals surface area contributed by atoms with Crippen LogP contribution in [0.4, 0.5) is 0 Å². The third kappa shape index (κ3) is 7.64. The lowest BCUT2D eigenvalue weighted by molar-refractivity contribution is 0.791. The Morgan fingerprint density at radius 2 is 1.20 bits per heavy atom. The number of rotatable bonds is 11. The average Bonchev–Trinajstić information content (AvgIpc) is 2.46. The Labute approximate surface area is 134 Å². The first-order valence-corrected chi connectivity index (χ1v) is 10.2. The average molecular weight is 311 g/mol. The van der Waals surface area contributed by atoms with E-state index >= 15 is 0 Å². The van der Waals surface area contributed by atoms with Crippen LogP contribution < -0.4 is 0 Å². The molecule has 0 fully saturated rings. The molecule has 0 saturated heterocycles. The topological polar surface area (TPSA) is 0 Å². The first-order chi connectivity index (χ1) is 9.80. The largest absolute Gasteiger partial charge is 0.126 e. The number of unbranched alkanes of at least 4 members (excludes halogenated alkanes) is 3. The van der Waals surface area contributed by atoms with Crippen LogP contribution >= 0.6 is 23.5 Å². The van der Waals surface area contributed by atoms with Crippen molar-refractivity contribution in [2.24, 2.45) is 0 Å². The maximum absolute atomic E-state index is 2.42. The van der Waals surface area contributed by atoms with Crippen molar-refractivity contribution in [1.29, 1.82) is 0 Å². The first kappa shape index (κ1) is 18.0. The van der Waals surface area contributed by atoms with E-state index in [0.29, 0.717) is 0 Å². The van der Waals surface area contributed by atoms with E-state index in [0.717, 1.165) is 0 Å². The second-order valence-corrected chi connectivity index (χ2v) is 7.66. The summed E-state index contributed by atoms with van der Waals surface area (Å²) in [7, 11) is 0. The van der Waals surface area contributed by atoms with Gasteiger partial charge in [-0.05, 0) is 61.0 Å². The molecule has 20 heavy (non-hydrogen) atoms. The summed E-state index contributed by atoms with van der Waals surface area (Å²) < 4.78 is 0. The second-order valence-electron chi connectivity index (χ2n) is 5.32. The molecule has 1 aromatic rings. The zero-order valence-corrected chi connectivity index (χ0v) is 15.0. The lowest BCUT2D eigenvalue weighted by atomic mass is 10.1. The Balaban J connectivity index is 2.67. The van der Waals surface area contributed by atoms with E-state index in [1.807, 2.05) is 23.5 Å². The zero-order chi connectivity index (χ0) is 14.6. The van der Waals surface area contributed by atoms with Gasteiger partial charge in [0.1, 0.15) is 0 Å². The molecule has 0 spiro atoms. The summed E-state index contributed by atoms with van der Waals surface area (Å²) in [5.41, 5.74) is 1.53. The van der Waals surface area contributed by atoms with Gasteiger partial charge < -0.3 is 0 Å². The zero-order valence-electron chi connectivity index (χ0n) is 13.4. The highest BCUT2D eigenvalue weighted by Crippen LogP contribution is 2.29. The van der Waals surface area contributed by atoms with E-state index in [2.05, 4.69) is 39.0 Å². The summed E-state index contributed by atoms with van der Waals surface area (Å²) in [5.74, 6) is 2.51. The second kappa shape index (κ2) is 11.6. The highest BCUT2D eigenvalue weighted by atomic mass is 32.2. The molecule has 1 aromatic carbocycles. The predicted molar refractivity (Wildman–Crippen MR) is 96.3 cm³/mol. The van der Waals surface area contributed by atoms with Crippen molar-refractivity contribution in [3.63, 3.8) is 0 Å². The molecule has 0 unspecified atom stereocenters. The number of aryl methyl sites for hydroxylation is 1. The number of hydrogen-bond donors (Lipinski definition) is 0. The molecule has 0 heterocycles. The van der Waals surface area contributed by atoms with E-state index in [4.69, 9.17) is 0 Å². The Hall–Kier alpha value is -0.0800. The maximum atomic E-state index is 2.42. The van der Waals surface area contributed by atoms with Gasteiger partial charge in [0, 0.05) is 9.79 Å². The minimum absolute atomic E-state index is 1.24. The third-order valence-electron chi connectivity index (χ3n) is 3.29. The van der Waals surface area contributed by atoms with Crippen LogP contribution in [0.25, 0.3) is 0 Å². The van der Waals surface area contributed by atoms with Gasteiger partial charge in [-0.1, -0.05) is 40.0 Å². The predicted octanol–water partition coefficient (Wildman–Crippen LogP) is 6.81. The van der Waals surface area contributed by atoms with E-state index in [-0.39, 0.29) is 0 Å². The molecule has 0 aliphatic heterocycles. The van der Waals surface area contributed by atoms with E-state index < -0.39 is 0 Å². The van der Waals surface area contributed by atoms with Gasteiger partial charge in [0.25, 0.3) is 0 Å². The fourth-order valence-electron chi connectivity index (χ4n) is 1.99. The van der Waals surface area contributed by atoms with Crippen LogP contribution in [-0.4, -0.2) is 11.5 Å². The molecular weight excluding hydrogens is 280 g/mol. The minimum atomic E-state index is 1.24. The maximum Gasteiger partial charge on any atom is 0.00858 e. The van der Waals surface area contributed by atoms with Crippen molar-refractivity contribution in [1.82, 2.24) is 0 Å². The van der Waals surface area contributed by atoms with Crippen LogP contribution in [0.2, 0.25) is 0 Å². The van der Waals surface area contributed by atoms with Crippen LogP contribution in [-0.2, 0) is 6.42 Å². The van der Waals surface area contributed by atoms with Crippen LogP contribution in [0.3, 0.4) is 0 Å². The quantitative estimate of drug-likeness (QED) is 0.325. The molecule has 0 aliphatic rings. The Morgan fingerprint density at radius 1 is 0.700 bits per heavy atom. The van der Waals surface area contributed by atoms with Crippen molar-refractivity contribution in [3.8, 4) is 0 Å². The van der Waals surface area contributed by atoms with Gasteiger partial charge in [-0.15, -0.1) is 23.5 Å². The van der Waals surface area contributed by atoms with Gasteiger partial charge in [-0.25, -0.2) is 0 Å². The fraction of sp³-hybridized carbons (Fsp3) is 0.667. The molecule has 114 valence electrons. The molecule has 2 heteroatoms. The highest BCUT2D eigenvalue weighted by molar-refractivity contribution is 8.00. The number of thioether (sulfide) groups is 2. The smallest absolute Gasteiger partial charge is 0.00858 e. The van der Waals surface area contributed by atoms with Crippen molar-refractivity contribution in [2.75, 3.05) is 11.5 Å². The fourth-order valence-corrected chi connectivity index (χ4v) is 4.29. The molecule has 0 amide bonds. The standard InChI is InChI=1S/C18H30S2/c1-4-7-10-16-13-17(19-11-8-5-2)15-18(14-16)20-12-9-6-3/h13-15H,4-12H2,1-3H3. The van der Waals surface area contributed by atoms with Gasteiger partial charge in [-0.3, -0.25) is 0 Å². The molecule has 0 saturated carbocycles. The van der Waals surface area contributed by atoms with Crippen molar-refractivity contribution >= 4 is 23.5 Å². The normalized spacial score (nSPS) is 10.9. The number of benzene rings is 1. The van der Waals surface area contributed by atoms with Crippen LogP contribution in [0.5, 0.6) is 0 Å². The van der Waals surface area contributed by atoms with Gasteiger partial charge in [0.15, 0.2) is 0 Å². The molecule has 0 radical (unpaired) electrons. The molecule has 0 aliphatic carbocycles. The number of hydrogen-bond acceptors (Lipinski definition) is 2. The van der Waals surface area contributed by atoms with Crippen LogP contribution in [0, 0.1) is 0 Å². The van der Waals surface area contributed by atoms with Gasteiger partial charge in [0.2, 0.25) is 0 Å². The Bertz CT molecular complexity index is 332. The Kier molecular flexibility index (Phi) is 10.4. The molecule has 0 nitrogen and oxygen atoms in total. The SMILES string of the molecule is CCCCSc1cc(CCCC)cc(SCCCC)c1. The van der Waals surface area contributed by atoms with Gasteiger partial charge in [0.05, 0.1) is 0 Å². The summed E-state index contributed by atoms with van der Waals surface area (Å²) in [6.45, 7) is 6.81. The van der Waals surface area contributed by atoms with Crippen LogP contribution in [0.15, 0.2) is 28.0 Å². The summed E-state index contributed by atoms with van der Waals surface area (Å²) in [6.07, 6.45) is 9.05. The summed E-state index contributed by atoms with van der Waals surface area (Å²) in [4.78, 5) is 2.96. The van der Waals surface area contributed by atoms with Crippen molar-refractivity contribution in [2.45, 2.75) is 75.5 Å². The monoisotopic (exact) mass is 310 g/mol. The van der Waals surface area contributed by atoms with Crippen LogP contribution in [0.1, 0.15) is 64.9 Å². The Morgan fingerprint density at radius 3 is 1.65 bits per heavy atom. The lowest BCUT2D eigenvalue weighted by Gasteiger charge is -2.09.